The molecule has 0 N–H and O–H groups in total. The van der Waals surface area contributed by atoms with Crippen LogP contribution in [-0.2, 0) is 25.5 Å². The Hall–Kier alpha value is -4.88. The highest BCUT2D eigenvalue weighted by atomic mass is 16.6. The molecule has 2 fully saturated rings. The van der Waals surface area contributed by atoms with Crippen LogP contribution in [0.2, 0.25) is 0 Å². The van der Waals surface area contributed by atoms with Crippen LogP contribution in [0.1, 0.15) is 64.2 Å². The second kappa shape index (κ2) is 16.2. The van der Waals surface area contributed by atoms with Crippen molar-refractivity contribution in [2.75, 3.05) is 80.8 Å². The zero-order chi connectivity index (χ0) is 39.5. The van der Waals surface area contributed by atoms with E-state index in [0.29, 0.717) is 62.3 Å². The number of hydrogen-bond acceptors (Lipinski definition) is 10. The quantitative estimate of drug-likeness (QED) is 0.388. The van der Waals surface area contributed by atoms with Crippen molar-refractivity contribution in [3.63, 3.8) is 0 Å². The molecule has 296 valence electrons. The lowest BCUT2D eigenvalue weighted by Crippen LogP contribution is -2.57. The van der Waals surface area contributed by atoms with Crippen LogP contribution in [0, 0.1) is 11.8 Å². The van der Waals surface area contributed by atoms with Gasteiger partial charge in [0.1, 0.15) is 11.2 Å². The number of benzene rings is 2. The van der Waals surface area contributed by atoms with Crippen molar-refractivity contribution >= 4 is 24.0 Å². The molecule has 3 unspecified atom stereocenters. The van der Waals surface area contributed by atoms with Gasteiger partial charge in [0.15, 0.2) is 23.0 Å². The lowest BCUT2D eigenvalue weighted by atomic mass is 9.65. The molecule has 0 aromatic heterocycles. The van der Waals surface area contributed by atoms with Gasteiger partial charge in [-0.05, 0) is 88.9 Å². The first-order valence-corrected chi connectivity index (χ1v) is 18.5. The van der Waals surface area contributed by atoms with E-state index in [1.165, 1.54) is 0 Å². The second-order valence-electron chi connectivity index (χ2n) is 15.9. The molecule has 3 aliphatic rings. The third-order valence-corrected chi connectivity index (χ3v) is 10.1. The molecule has 14 heteroatoms. The molecule has 1 aliphatic carbocycles. The molecule has 3 atom stereocenters. The van der Waals surface area contributed by atoms with Crippen LogP contribution < -0.4 is 18.9 Å². The lowest BCUT2D eigenvalue weighted by molar-refractivity contribution is -0.149. The van der Waals surface area contributed by atoms with E-state index in [1.54, 1.807) is 54.1 Å². The van der Waals surface area contributed by atoms with Crippen LogP contribution in [0.25, 0.3) is 0 Å². The van der Waals surface area contributed by atoms with Gasteiger partial charge >= 0.3 is 12.2 Å². The molecule has 2 aromatic rings. The number of carbonyl (C=O) groups excluding carboxylic acids is 4. The maximum atomic E-state index is 15.1. The lowest BCUT2D eigenvalue weighted by Gasteiger charge is -2.45. The van der Waals surface area contributed by atoms with E-state index >= 15 is 4.79 Å². The first-order valence-electron chi connectivity index (χ1n) is 18.5. The summed E-state index contributed by atoms with van der Waals surface area (Å²) in [7, 11) is 6.24. The molecule has 2 heterocycles. The number of piperazine rings is 2. The van der Waals surface area contributed by atoms with E-state index < -0.39 is 41.1 Å². The van der Waals surface area contributed by atoms with Gasteiger partial charge in [-0.1, -0.05) is 6.07 Å². The number of ether oxygens (including phenoxy) is 6. The third-order valence-electron chi connectivity index (χ3n) is 10.1. The Labute approximate surface area is 318 Å². The highest BCUT2D eigenvalue weighted by Gasteiger charge is 2.49. The maximum Gasteiger partial charge on any atom is 0.410 e. The molecule has 0 bridgehead atoms. The summed E-state index contributed by atoms with van der Waals surface area (Å²) >= 11 is 0. The van der Waals surface area contributed by atoms with Gasteiger partial charge in [-0.2, -0.15) is 0 Å². The van der Waals surface area contributed by atoms with Crippen molar-refractivity contribution in [3.8, 4) is 23.0 Å². The first-order chi connectivity index (χ1) is 25.5. The average molecular weight is 753 g/mol. The highest BCUT2D eigenvalue weighted by Crippen LogP contribution is 2.49. The Balaban J connectivity index is 1.55. The molecule has 0 radical (unpaired) electrons. The number of fused-ring (bicyclic) bond motifs is 1. The van der Waals surface area contributed by atoms with Gasteiger partial charge in [0.2, 0.25) is 11.8 Å². The predicted octanol–water partition coefficient (Wildman–Crippen LogP) is 4.80. The fraction of sp³-hybridized carbons (Fsp3) is 0.600. The number of carbonyl (C=O) groups is 4. The second-order valence-corrected chi connectivity index (χ2v) is 15.9. The zero-order valence-corrected chi connectivity index (χ0v) is 33.4. The van der Waals surface area contributed by atoms with Crippen molar-refractivity contribution in [3.05, 3.63) is 47.0 Å². The van der Waals surface area contributed by atoms with Crippen LogP contribution >= 0.6 is 0 Å². The van der Waals surface area contributed by atoms with E-state index in [9.17, 15) is 14.4 Å². The molecule has 54 heavy (non-hydrogen) atoms. The predicted molar refractivity (Wildman–Crippen MR) is 200 cm³/mol. The Morgan fingerprint density at radius 1 is 0.556 bits per heavy atom. The number of hydrogen-bond donors (Lipinski definition) is 0. The molecule has 2 aliphatic heterocycles. The fourth-order valence-corrected chi connectivity index (χ4v) is 7.50. The minimum atomic E-state index is -0.835. The van der Waals surface area contributed by atoms with Crippen molar-refractivity contribution in [1.82, 2.24) is 19.6 Å². The number of nitrogens with zero attached hydrogens (tertiary/aromatic N) is 4. The normalized spacial score (nSPS) is 20.4. The van der Waals surface area contributed by atoms with E-state index in [2.05, 4.69) is 0 Å². The van der Waals surface area contributed by atoms with Crippen LogP contribution in [-0.4, -0.2) is 136 Å². The van der Waals surface area contributed by atoms with E-state index in [-0.39, 0.29) is 31.3 Å². The first kappa shape index (κ1) is 40.3. The molecule has 14 nitrogen and oxygen atoms in total. The van der Waals surface area contributed by atoms with Crippen LogP contribution in [0.3, 0.4) is 0 Å². The zero-order valence-electron chi connectivity index (χ0n) is 33.4. The summed E-state index contributed by atoms with van der Waals surface area (Å²) in [5, 5.41) is 0. The van der Waals surface area contributed by atoms with Gasteiger partial charge in [-0.3, -0.25) is 9.59 Å². The van der Waals surface area contributed by atoms with Gasteiger partial charge in [0.05, 0.1) is 40.3 Å². The number of amides is 4. The molecule has 4 amide bonds. The van der Waals surface area contributed by atoms with Crippen molar-refractivity contribution in [2.24, 2.45) is 11.8 Å². The fourth-order valence-electron chi connectivity index (χ4n) is 7.50. The summed E-state index contributed by atoms with van der Waals surface area (Å²) in [4.78, 5) is 62.5. The van der Waals surface area contributed by atoms with Crippen LogP contribution in [0.5, 0.6) is 23.0 Å². The summed E-state index contributed by atoms with van der Waals surface area (Å²) in [5.74, 6) is -0.523. The Morgan fingerprint density at radius 3 is 1.44 bits per heavy atom. The average Bonchev–Trinajstić information content (AvgIpc) is 3.14. The summed E-state index contributed by atoms with van der Waals surface area (Å²) in [5.41, 5.74) is 1.16. The van der Waals surface area contributed by atoms with Crippen molar-refractivity contribution < 1.29 is 47.6 Å². The van der Waals surface area contributed by atoms with Crippen molar-refractivity contribution in [2.45, 2.75) is 65.1 Å². The Morgan fingerprint density at radius 2 is 0.981 bits per heavy atom. The standard InChI is InChI=1S/C40H56N4O10/c1-39(2,3)53-37(47)43-17-13-41(14-18-43)35(45)28-21-26-23-31(51-9)32(52-10)24-27(26)33(25-11-12-29(49-7)30(22-25)50-8)34(28)36(46)42-15-19-44(20-16-42)38(48)54-40(4,5)6/h11-12,22-24,28,33-34H,13-21H2,1-10H3. The SMILES string of the molecule is COc1ccc(C2c3cc(OC)c(OC)cc3CC(C(=O)N3CCN(C(=O)OC(C)(C)C)CC3)C2C(=O)N2CCN(C(=O)OC(C)(C)C)CC2)cc1OC. The third kappa shape index (κ3) is 8.90. The highest BCUT2D eigenvalue weighted by molar-refractivity contribution is 5.90. The molecule has 2 saturated heterocycles. The smallest absolute Gasteiger partial charge is 0.410 e. The van der Waals surface area contributed by atoms with Gasteiger partial charge in [-0.25, -0.2) is 9.59 Å². The van der Waals surface area contributed by atoms with E-state index in [1.807, 2.05) is 65.8 Å². The summed E-state index contributed by atoms with van der Waals surface area (Å²) in [6.07, 6.45) is -0.572. The molecule has 0 spiro atoms. The largest absolute Gasteiger partial charge is 0.493 e. The van der Waals surface area contributed by atoms with E-state index in [4.69, 9.17) is 28.4 Å². The van der Waals surface area contributed by atoms with Gasteiger partial charge < -0.3 is 48.0 Å². The summed E-state index contributed by atoms with van der Waals surface area (Å²) in [6, 6.07) is 9.35. The minimum Gasteiger partial charge on any atom is -0.493 e. The monoisotopic (exact) mass is 752 g/mol. The van der Waals surface area contributed by atoms with Gasteiger partial charge in [0.25, 0.3) is 0 Å². The summed E-state index contributed by atoms with van der Waals surface area (Å²) < 4.78 is 33.9. The topological polar surface area (TPSA) is 137 Å². The van der Waals surface area contributed by atoms with Gasteiger partial charge in [-0.15, -0.1) is 0 Å². The molecule has 0 saturated carbocycles. The molecular weight excluding hydrogens is 696 g/mol. The molecule has 2 aromatic carbocycles. The van der Waals surface area contributed by atoms with Crippen LogP contribution in [0.4, 0.5) is 9.59 Å². The Kier molecular flexibility index (Phi) is 12.1. The minimum absolute atomic E-state index is 0.171. The van der Waals surface area contributed by atoms with E-state index in [0.717, 1.165) is 16.7 Å². The maximum absolute atomic E-state index is 15.1. The Bertz CT molecular complexity index is 1700. The molecule has 5 rings (SSSR count). The number of rotatable bonds is 7. The van der Waals surface area contributed by atoms with Crippen LogP contribution in [0.15, 0.2) is 30.3 Å². The van der Waals surface area contributed by atoms with Gasteiger partial charge in [0, 0.05) is 58.3 Å². The molecular formula is C40H56N4O10. The summed E-state index contributed by atoms with van der Waals surface area (Å²) in [6.45, 7) is 13.3. The van der Waals surface area contributed by atoms with Crippen molar-refractivity contribution in [1.29, 1.82) is 0 Å². The number of methoxy groups -OCH3 is 4.